The maximum atomic E-state index is 10.1. The zero-order chi connectivity index (χ0) is 7.98. The summed E-state index contributed by atoms with van der Waals surface area (Å²) >= 11 is 0. The van der Waals surface area contributed by atoms with Crippen LogP contribution in [0.2, 0.25) is 0 Å². The molecule has 0 aromatic rings. The van der Waals surface area contributed by atoms with Crippen molar-refractivity contribution < 1.29 is 14.7 Å². The fraction of sp³-hybridized carbons (Fsp3) is 0.667. The minimum Gasteiger partial charge on any atom is -0.481 e. The molecule has 0 radical (unpaired) electrons. The molecule has 2 N–H and O–H groups in total. The Hall–Kier alpha value is -0.900. The van der Waals surface area contributed by atoms with Crippen LogP contribution in [0.4, 0.5) is 0 Å². The molecule has 4 nitrogen and oxygen atoms in total. The van der Waals surface area contributed by atoms with E-state index in [-0.39, 0.29) is 12.5 Å². The third kappa shape index (κ3) is 4.03. The van der Waals surface area contributed by atoms with Crippen molar-refractivity contribution in [1.29, 1.82) is 0 Å². The second-order valence-corrected chi connectivity index (χ2v) is 1.96. The zero-order valence-electron chi connectivity index (χ0n) is 5.83. The number of rotatable bonds is 5. The SMILES string of the molecule is CN[C@@H](C=O)CCC(=O)O. The van der Waals surface area contributed by atoms with Gasteiger partial charge in [0, 0.05) is 6.42 Å². The van der Waals surface area contributed by atoms with Crippen LogP contribution in [0, 0.1) is 0 Å². The smallest absolute Gasteiger partial charge is 0.303 e. The molecule has 4 heteroatoms. The molecule has 0 saturated heterocycles. The summed E-state index contributed by atoms with van der Waals surface area (Å²) < 4.78 is 0. The molecule has 0 unspecified atom stereocenters. The summed E-state index contributed by atoms with van der Waals surface area (Å²) in [5.41, 5.74) is 0. The van der Waals surface area contributed by atoms with Crippen LogP contribution in [0.25, 0.3) is 0 Å². The fourth-order valence-corrected chi connectivity index (χ4v) is 0.559. The van der Waals surface area contributed by atoms with Crippen molar-refractivity contribution in [3.05, 3.63) is 0 Å². The van der Waals surface area contributed by atoms with E-state index in [4.69, 9.17) is 5.11 Å². The van der Waals surface area contributed by atoms with Crippen LogP contribution in [0.5, 0.6) is 0 Å². The van der Waals surface area contributed by atoms with E-state index in [9.17, 15) is 9.59 Å². The van der Waals surface area contributed by atoms with Crippen LogP contribution in [-0.4, -0.2) is 30.5 Å². The molecule has 10 heavy (non-hydrogen) atoms. The topological polar surface area (TPSA) is 66.4 Å². The number of aliphatic carboxylic acids is 1. The molecular formula is C6H11NO3. The first-order chi connectivity index (χ1) is 4.70. The normalized spacial score (nSPS) is 12.5. The lowest BCUT2D eigenvalue weighted by atomic mass is 10.2. The van der Waals surface area contributed by atoms with Crippen LogP contribution in [0.1, 0.15) is 12.8 Å². The second kappa shape index (κ2) is 4.93. The van der Waals surface area contributed by atoms with Gasteiger partial charge >= 0.3 is 5.97 Å². The molecule has 0 fully saturated rings. The maximum absolute atomic E-state index is 10.1. The van der Waals surface area contributed by atoms with Gasteiger partial charge in [-0.2, -0.15) is 0 Å². The molecule has 0 aromatic carbocycles. The zero-order valence-corrected chi connectivity index (χ0v) is 5.83. The fourth-order valence-electron chi connectivity index (χ4n) is 0.559. The second-order valence-electron chi connectivity index (χ2n) is 1.96. The Morgan fingerprint density at radius 1 is 1.80 bits per heavy atom. The molecule has 0 spiro atoms. The minimum atomic E-state index is -0.873. The van der Waals surface area contributed by atoms with Gasteiger partial charge in [0.05, 0.1) is 6.04 Å². The molecule has 1 atom stereocenters. The molecular weight excluding hydrogens is 134 g/mol. The first-order valence-electron chi connectivity index (χ1n) is 3.05. The lowest BCUT2D eigenvalue weighted by Gasteiger charge is -2.04. The number of hydrogen-bond donors (Lipinski definition) is 2. The Kier molecular flexibility index (Phi) is 4.49. The van der Waals surface area contributed by atoms with Crippen molar-refractivity contribution in [3.63, 3.8) is 0 Å². The average Bonchev–Trinajstić information content (AvgIpc) is 1.90. The summed E-state index contributed by atoms with van der Waals surface area (Å²) in [4.78, 5) is 20.1. The summed E-state index contributed by atoms with van der Waals surface area (Å²) in [6.07, 6.45) is 1.10. The predicted octanol–water partition coefficient (Wildman–Crippen LogP) is -0.362. The molecule has 0 aliphatic rings. The lowest BCUT2D eigenvalue weighted by molar-refractivity contribution is -0.137. The number of hydrogen-bond acceptors (Lipinski definition) is 3. The van der Waals surface area contributed by atoms with Gasteiger partial charge in [-0.1, -0.05) is 0 Å². The molecule has 0 aliphatic heterocycles. The van der Waals surface area contributed by atoms with Gasteiger partial charge in [-0.25, -0.2) is 0 Å². The summed E-state index contributed by atoms with van der Waals surface area (Å²) in [7, 11) is 1.63. The summed E-state index contributed by atoms with van der Waals surface area (Å²) in [5, 5.41) is 10.9. The quantitative estimate of drug-likeness (QED) is 0.518. The van der Waals surface area contributed by atoms with Crippen molar-refractivity contribution in [2.75, 3.05) is 7.05 Å². The molecule has 0 bridgehead atoms. The van der Waals surface area contributed by atoms with Gasteiger partial charge in [-0.3, -0.25) is 4.79 Å². The molecule has 0 saturated carbocycles. The Balaban J connectivity index is 3.44. The van der Waals surface area contributed by atoms with Crippen molar-refractivity contribution in [2.45, 2.75) is 18.9 Å². The van der Waals surface area contributed by atoms with Gasteiger partial charge in [0.15, 0.2) is 0 Å². The first kappa shape index (κ1) is 9.10. The van der Waals surface area contributed by atoms with Crippen LogP contribution in [0.3, 0.4) is 0 Å². The molecule has 0 aromatic heterocycles. The number of carboxylic acids is 1. The predicted molar refractivity (Wildman–Crippen MR) is 35.8 cm³/mol. The summed E-state index contributed by atoms with van der Waals surface area (Å²) in [5.74, 6) is -0.873. The average molecular weight is 145 g/mol. The van der Waals surface area contributed by atoms with E-state index in [0.29, 0.717) is 12.7 Å². The third-order valence-electron chi connectivity index (χ3n) is 1.20. The Morgan fingerprint density at radius 3 is 2.70 bits per heavy atom. The first-order valence-corrected chi connectivity index (χ1v) is 3.05. The number of likely N-dealkylation sites (N-methyl/N-ethyl adjacent to an activating group) is 1. The third-order valence-corrected chi connectivity index (χ3v) is 1.20. The highest BCUT2D eigenvalue weighted by Gasteiger charge is 2.05. The summed E-state index contributed by atoms with van der Waals surface area (Å²) in [6, 6.07) is -0.323. The van der Waals surface area contributed by atoms with E-state index in [1.165, 1.54) is 0 Å². The van der Waals surface area contributed by atoms with E-state index >= 15 is 0 Å². The Bertz CT molecular complexity index is 124. The van der Waals surface area contributed by atoms with E-state index in [0.717, 1.165) is 0 Å². The minimum absolute atomic E-state index is 0.0320. The monoisotopic (exact) mass is 145 g/mol. The number of aldehydes is 1. The van der Waals surface area contributed by atoms with Crippen molar-refractivity contribution >= 4 is 12.3 Å². The Labute approximate surface area is 59.2 Å². The van der Waals surface area contributed by atoms with Gasteiger partial charge in [0.1, 0.15) is 6.29 Å². The maximum Gasteiger partial charge on any atom is 0.303 e. The van der Waals surface area contributed by atoms with Crippen molar-refractivity contribution in [2.24, 2.45) is 0 Å². The Morgan fingerprint density at radius 2 is 2.40 bits per heavy atom. The number of carboxylic acid groups (broad SMARTS) is 1. The van der Waals surface area contributed by atoms with Crippen LogP contribution in [-0.2, 0) is 9.59 Å². The van der Waals surface area contributed by atoms with Crippen LogP contribution in [0.15, 0.2) is 0 Å². The van der Waals surface area contributed by atoms with Gasteiger partial charge < -0.3 is 15.2 Å². The highest BCUT2D eigenvalue weighted by atomic mass is 16.4. The van der Waals surface area contributed by atoms with Crippen molar-refractivity contribution in [3.8, 4) is 0 Å². The molecule has 0 aliphatic carbocycles. The van der Waals surface area contributed by atoms with Crippen molar-refractivity contribution in [1.82, 2.24) is 5.32 Å². The van der Waals surface area contributed by atoms with Gasteiger partial charge in [-0.15, -0.1) is 0 Å². The highest BCUT2D eigenvalue weighted by molar-refractivity contribution is 5.68. The number of carbonyl (C=O) groups excluding carboxylic acids is 1. The van der Waals surface area contributed by atoms with Gasteiger partial charge in [0.2, 0.25) is 0 Å². The summed E-state index contributed by atoms with van der Waals surface area (Å²) in [6.45, 7) is 0. The van der Waals surface area contributed by atoms with E-state index in [2.05, 4.69) is 5.32 Å². The molecule has 0 heterocycles. The lowest BCUT2D eigenvalue weighted by Crippen LogP contribution is -2.27. The van der Waals surface area contributed by atoms with Crippen LogP contribution >= 0.6 is 0 Å². The standard InChI is InChI=1S/C6H11NO3/c1-7-5(4-8)2-3-6(9)10/h4-5,7H,2-3H2,1H3,(H,9,10)/t5-/m1/s1. The van der Waals surface area contributed by atoms with Gasteiger partial charge in [-0.05, 0) is 13.5 Å². The van der Waals surface area contributed by atoms with Gasteiger partial charge in [0.25, 0.3) is 0 Å². The number of carbonyl (C=O) groups is 2. The highest BCUT2D eigenvalue weighted by Crippen LogP contribution is 1.92. The largest absolute Gasteiger partial charge is 0.481 e. The molecule has 58 valence electrons. The van der Waals surface area contributed by atoms with Crippen LogP contribution < -0.4 is 5.32 Å². The van der Waals surface area contributed by atoms with E-state index < -0.39 is 5.97 Å². The molecule has 0 rings (SSSR count). The van der Waals surface area contributed by atoms with E-state index in [1.54, 1.807) is 7.05 Å². The molecule has 0 amide bonds. The number of nitrogens with one attached hydrogen (secondary N) is 1. The van der Waals surface area contributed by atoms with E-state index in [1.807, 2.05) is 0 Å².